The third-order valence-corrected chi connectivity index (χ3v) is 6.56. The summed E-state index contributed by atoms with van der Waals surface area (Å²) in [6, 6.07) is 3.79. The second-order valence-corrected chi connectivity index (χ2v) is 10.3. The van der Waals surface area contributed by atoms with E-state index in [1.165, 1.54) is 4.90 Å². The lowest BCUT2D eigenvalue weighted by atomic mass is 9.75. The fourth-order valence-corrected chi connectivity index (χ4v) is 5.63. The smallest absolute Gasteiger partial charge is 0.250 e. The van der Waals surface area contributed by atoms with Crippen molar-refractivity contribution in [2.75, 3.05) is 5.32 Å². The number of rotatable bonds is 2. The van der Waals surface area contributed by atoms with Crippen LogP contribution in [0.3, 0.4) is 0 Å². The number of imide groups is 1. The van der Waals surface area contributed by atoms with Crippen LogP contribution in [0.4, 0.5) is 5.69 Å². The molecule has 29 heavy (non-hydrogen) atoms. The third kappa shape index (κ3) is 2.61. The summed E-state index contributed by atoms with van der Waals surface area (Å²) < 4.78 is 0. The second-order valence-electron chi connectivity index (χ2n) is 10.3. The molecule has 0 saturated carbocycles. The zero-order valence-corrected chi connectivity index (χ0v) is 18.3. The Labute approximate surface area is 172 Å². The summed E-state index contributed by atoms with van der Waals surface area (Å²) in [5.41, 5.74) is 1.77. The van der Waals surface area contributed by atoms with E-state index in [4.69, 9.17) is 0 Å². The number of carbonyl (C=O) groups excluding carboxylic acids is 3. The third-order valence-electron chi connectivity index (χ3n) is 6.56. The van der Waals surface area contributed by atoms with Crippen LogP contribution in [-0.2, 0) is 19.9 Å². The SMILES string of the molecule is Cc1cc(C)c2c(c1)C1(NC(CC(C)C)C3C(=O)N(C(C)(C)C)C(=O)C31)C(=O)N2. The largest absolute Gasteiger partial charge is 0.324 e. The minimum absolute atomic E-state index is 0.159. The predicted molar refractivity (Wildman–Crippen MR) is 111 cm³/mol. The van der Waals surface area contributed by atoms with Gasteiger partial charge in [0, 0.05) is 22.8 Å². The van der Waals surface area contributed by atoms with Gasteiger partial charge < -0.3 is 5.32 Å². The number of carbonyl (C=O) groups is 3. The van der Waals surface area contributed by atoms with Gasteiger partial charge in [-0.25, -0.2) is 0 Å². The first-order valence-electron chi connectivity index (χ1n) is 10.5. The molecule has 3 amide bonds. The maximum atomic E-state index is 13.6. The van der Waals surface area contributed by atoms with Crippen molar-refractivity contribution < 1.29 is 14.4 Å². The summed E-state index contributed by atoms with van der Waals surface area (Å²) in [6.07, 6.45) is 0.729. The second kappa shape index (κ2) is 6.14. The Bertz CT molecular complexity index is 930. The number of amides is 3. The average molecular weight is 398 g/mol. The molecule has 1 aromatic carbocycles. The molecule has 6 nitrogen and oxygen atoms in total. The molecule has 4 rings (SSSR count). The Morgan fingerprint density at radius 2 is 1.76 bits per heavy atom. The van der Waals surface area contributed by atoms with Crippen LogP contribution in [0, 0.1) is 31.6 Å². The van der Waals surface area contributed by atoms with Crippen LogP contribution < -0.4 is 10.6 Å². The summed E-state index contributed by atoms with van der Waals surface area (Å²) >= 11 is 0. The van der Waals surface area contributed by atoms with E-state index < -0.39 is 22.9 Å². The topological polar surface area (TPSA) is 78.5 Å². The Kier molecular flexibility index (Phi) is 4.25. The minimum atomic E-state index is -1.19. The van der Waals surface area contributed by atoms with Crippen molar-refractivity contribution in [3.63, 3.8) is 0 Å². The van der Waals surface area contributed by atoms with Crippen LogP contribution in [0.25, 0.3) is 0 Å². The van der Waals surface area contributed by atoms with E-state index in [1.807, 2.05) is 46.8 Å². The molecule has 2 fully saturated rings. The van der Waals surface area contributed by atoms with Crippen LogP contribution in [0.5, 0.6) is 0 Å². The van der Waals surface area contributed by atoms with Gasteiger partial charge in [-0.1, -0.05) is 31.5 Å². The summed E-state index contributed by atoms with van der Waals surface area (Å²) in [5, 5.41) is 6.53. The highest BCUT2D eigenvalue weighted by Crippen LogP contribution is 2.55. The van der Waals surface area contributed by atoms with Crippen molar-refractivity contribution in [3.05, 3.63) is 28.8 Å². The number of anilines is 1. The maximum Gasteiger partial charge on any atom is 0.250 e. The summed E-state index contributed by atoms with van der Waals surface area (Å²) in [5.74, 6) is -1.54. The van der Waals surface area contributed by atoms with E-state index >= 15 is 0 Å². The lowest BCUT2D eigenvalue weighted by molar-refractivity contribution is -0.147. The van der Waals surface area contributed by atoms with Gasteiger partial charge in [-0.15, -0.1) is 0 Å². The highest BCUT2D eigenvalue weighted by Gasteiger charge is 2.71. The van der Waals surface area contributed by atoms with E-state index in [1.54, 1.807) is 0 Å². The normalized spacial score (nSPS) is 31.1. The van der Waals surface area contributed by atoms with E-state index in [2.05, 4.69) is 24.5 Å². The molecular formula is C23H31N3O3. The molecule has 1 aromatic rings. The Morgan fingerprint density at radius 3 is 2.34 bits per heavy atom. The molecule has 3 aliphatic heterocycles. The Morgan fingerprint density at radius 1 is 1.10 bits per heavy atom. The van der Waals surface area contributed by atoms with Crippen LogP contribution >= 0.6 is 0 Å². The van der Waals surface area contributed by atoms with E-state index in [0.29, 0.717) is 5.92 Å². The predicted octanol–water partition coefficient (Wildman–Crippen LogP) is 2.87. The number of nitrogens with one attached hydrogen (secondary N) is 2. The summed E-state index contributed by atoms with van der Waals surface area (Å²) in [4.78, 5) is 41.9. The molecule has 0 aromatic heterocycles. The van der Waals surface area contributed by atoms with Crippen LogP contribution in [-0.4, -0.2) is 34.2 Å². The molecule has 0 bridgehead atoms. The van der Waals surface area contributed by atoms with Gasteiger partial charge in [0.05, 0.1) is 11.8 Å². The molecule has 2 saturated heterocycles. The zero-order chi connectivity index (χ0) is 21.5. The van der Waals surface area contributed by atoms with Gasteiger partial charge in [0.15, 0.2) is 0 Å². The molecule has 4 unspecified atom stereocenters. The number of fused-ring (bicyclic) bond motifs is 4. The Balaban J connectivity index is 1.94. The highest BCUT2D eigenvalue weighted by molar-refractivity contribution is 6.15. The fraction of sp³-hybridized carbons (Fsp3) is 0.609. The number of hydrogen-bond donors (Lipinski definition) is 2. The zero-order valence-electron chi connectivity index (χ0n) is 18.3. The van der Waals surface area contributed by atoms with E-state index in [0.717, 1.165) is 28.8 Å². The van der Waals surface area contributed by atoms with E-state index in [9.17, 15) is 14.4 Å². The van der Waals surface area contributed by atoms with Gasteiger partial charge in [0.2, 0.25) is 17.7 Å². The Hall–Kier alpha value is -2.21. The molecule has 4 atom stereocenters. The molecule has 0 radical (unpaired) electrons. The van der Waals surface area contributed by atoms with Crippen molar-refractivity contribution in [3.8, 4) is 0 Å². The van der Waals surface area contributed by atoms with Crippen molar-refractivity contribution in [1.82, 2.24) is 10.2 Å². The molecule has 156 valence electrons. The van der Waals surface area contributed by atoms with Crippen molar-refractivity contribution >= 4 is 23.4 Å². The van der Waals surface area contributed by atoms with Gasteiger partial charge >= 0.3 is 0 Å². The van der Waals surface area contributed by atoms with Crippen molar-refractivity contribution in [2.24, 2.45) is 17.8 Å². The van der Waals surface area contributed by atoms with Gasteiger partial charge in [-0.2, -0.15) is 0 Å². The lowest BCUT2D eigenvalue weighted by Gasteiger charge is -2.35. The van der Waals surface area contributed by atoms with Crippen molar-refractivity contribution in [2.45, 2.75) is 72.0 Å². The molecule has 1 spiro atoms. The van der Waals surface area contributed by atoms with Crippen molar-refractivity contribution in [1.29, 1.82) is 0 Å². The maximum absolute atomic E-state index is 13.6. The monoisotopic (exact) mass is 397 g/mol. The molecule has 3 heterocycles. The highest BCUT2D eigenvalue weighted by atomic mass is 16.2. The lowest BCUT2D eigenvalue weighted by Crippen LogP contribution is -2.55. The standard InChI is InChI=1S/C23H31N3O3/c1-11(2)8-15-16-17(20(28)26(19(16)27)22(5,6)7)23(25-15)14-10-12(3)9-13(4)18(14)24-21(23)29/h9-11,15-17,25H,8H2,1-7H3,(H,24,29). The summed E-state index contributed by atoms with van der Waals surface area (Å²) in [7, 11) is 0. The molecule has 2 N–H and O–H groups in total. The molecule has 0 aliphatic carbocycles. The first-order chi connectivity index (χ1) is 13.4. The fourth-order valence-electron chi connectivity index (χ4n) is 5.63. The number of likely N-dealkylation sites (tertiary alicyclic amines) is 1. The molecule has 3 aliphatic rings. The van der Waals surface area contributed by atoms with Crippen LogP contribution in [0.15, 0.2) is 12.1 Å². The van der Waals surface area contributed by atoms with Gasteiger partial charge in [-0.3, -0.25) is 24.6 Å². The minimum Gasteiger partial charge on any atom is -0.324 e. The molecule has 6 heteroatoms. The number of aryl methyl sites for hydroxylation is 2. The summed E-state index contributed by atoms with van der Waals surface area (Å²) in [6.45, 7) is 13.8. The van der Waals surface area contributed by atoms with Crippen LogP contribution in [0.1, 0.15) is 57.7 Å². The number of nitrogens with zero attached hydrogens (tertiary/aromatic N) is 1. The quantitative estimate of drug-likeness (QED) is 0.752. The first kappa shape index (κ1) is 20.1. The average Bonchev–Trinajstić information content (AvgIpc) is 3.13. The molecular weight excluding hydrogens is 366 g/mol. The number of hydrogen-bond acceptors (Lipinski definition) is 4. The number of benzene rings is 1. The van der Waals surface area contributed by atoms with E-state index in [-0.39, 0.29) is 23.8 Å². The van der Waals surface area contributed by atoms with Gasteiger partial charge in [0.25, 0.3) is 0 Å². The van der Waals surface area contributed by atoms with Gasteiger partial charge in [0.1, 0.15) is 5.54 Å². The van der Waals surface area contributed by atoms with Gasteiger partial charge in [-0.05, 0) is 52.5 Å². The first-order valence-corrected chi connectivity index (χ1v) is 10.5. The van der Waals surface area contributed by atoms with Crippen LogP contribution in [0.2, 0.25) is 0 Å².